The number of amides is 2. The lowest BCUT2D eigenvalue weighted by Crippen LogP contribution is -2.22. The average Bonchev–Trinajstić information content (AvgIpc) is 2.70. The molecule has 0 heterocycles. The van der Waals surface area contributed by atoms with Crippen LogP contribution in [-0.4, -0.2) is 11.8 Å². The summed E-state index contributed by atoms with van der Waals surface area (Å²) >= 11 is 12.1. The third-order valence-corrected chi connectivity index (χ3v) is 4.54. The molecule has 3 aromatic carbocycles. The molecule has 2 amide bonds. The lowest BCUT2D eigenvalue weighted by atomic mass is 10.1. The Bertz CT molecular complexity index is 937. The molecule has 136 valence electrons. The molecule has 0 atom stereocenters. The van der Waals surface area contributed by atoms with Crippen molar-refractivity contribution in [2.24, 2.45) is 0 Å². The Morgan fingerprint density at radius 1 is 0.704 bits per heavy atom. The first-order valence-corrected chi connectivity index (χ1v) is 8.98. The van der Waals surface area contributed by atoms with Crippen LogP contribution in [0.3, 0.4) is 0 Å². The van der Waals surface area contributed by atoms with E-state index in [1.54, 1.807) is 42.5 Å². The quantitative estimate of drug-likeness (QED) is 0.622. The van der Waals surface area contributed by atoms with Gasteiger partial charge in [-0.1, -0.05) is 59.6 Å². The number of hydrogen-bond donors (Lipinski definition) is 2. The Morgan fingerprint density at radius 2 is 1.26 bits per heavy atom. The molecule has 0 fully saturated rings. The number of rotatable bonds is 5. The maximum Gasteiger partial charge on any atom is 0.255 e. The van der Waals surface area contributed by atoms with E-state index >= 15 is 0 Å². The van der Waals surface area contributed by atoms with Crippen molar-refractivity contribution in [1.29, 1.82) is 0 Å². The molecule has 3 rings (SSSR count). The van der Waals surface area contributed by atoms with Gasteiger partial charge in [0, 0.05) is 17.7 Å². The molecule has 0 bridgehead atoms. The molecule has 27 heavy (non-hydrogen) atoms. The van der Waals surface area contributed by atoms with Gasteiger partial charge in [-0.2, -0.15) is 0 Å². The first-order chi connectivity index (χ1) is 13.0. The van der Waals surface area contributed by atoms with E-state index in [0.717, 1.165) is 5.56 Å². The molecule has 6 heteroatoms. The largest absolute Gasteiger partial charge is 0.348 e. The summed E-state index contributed by atoms with van der Waals surface area (Å²) in [6, 6.07) is 21.0. The van der Waals surface area contributed by atoms with Crippen LogP contribution in [0, 0.1) is 0 Å². The van der Waals surface area contributed by atoms with Crippen molar-refractivity contribution in [2.45, 2.75) is 6.54 Å². The number of para-hydroxylation sites is 1. The second kappa shape index (κ2) is 8.71. The minimum Gasteiger partial charge on any atom is -0.348 e. The van der Waals surface area contributed by atoms with Crippen molar-refractivity contribution in [1.82, 2.24) is 5.32 Å². The Balaban J connectivity index is 1.64. The maximum absolute atomic E-state index is 12.4. The van der Waals surface area contributed by atoms with Crippen molar-refractivity contribution in [3.8, 4) is 0 Å². The highest BCUT2D eigenvalue weighted by Crippen LogP contribution is 2.30. The molecule has 4 nitrogen and oxygen atoms in total. The monoisotopic (exact) mass is 398 g/mol. The Morgan fingerprint density at radius 3 is 1.85 bits per heavy atom. The van der Waals surface area contributed by atoms with Crippen LogP contribution in [0.25, 0.3) is 0 Å². The Labute approximate surface area is 167 Å². The van der Waals surface area contributed by atoms with E-state index in [-0.39, 0.29) is 11.8 Å². The maximum atomic E-state index is 12.4. The highest BCUT2D eigenvalue weighted by molar-refractivity contribution is 6.40. The molecule has 2 N–H and O–H groups in total. The van der Waals surface area contributed by atoms with Crippen LogP contribution in [0.5, 0.6) is 0 Å². The lowest BCUT2D eigenvalue weighted by molar-refractivity contribution is 0.0949. The normalized spacial score (nSPS) is 10.3. The number of carbonyl (C=O) groups is 2. The summed E-state index contributed by atoms with van der Waals surface area (Å²) < 4.78 is 0. The first kappa shape index (κ1) is 19.0. The van der Waals surface area contributed by atoms with Gasteiger partial charge in [-0.05, 0) is 42.0 Å². The molecule has 0 spiro atoms. The van der Waals surface area contributed by atoms with Crippen LogP contribution >= 0.6 is 23.2 Å². The topological polar surface area (TPSA) is 58.2 Å². The molecule has 0 aliphatic heterocycles. The molecule has 0 aromatic heterocycles. The smallest absolute Gasteiger partial charge is 0.255 e. The van der Waals surface area contributed by atoms with Crippen LogP contribution in [0.1, 0.15) is 26.3 Å². The van der Waals surface area contributed by atoms with Gasteiger partial charge in [0.25, 0.3) is 11.8 Å². The predicted octanol–water partition coefficient (Wildman–Crippen LogP) is 5.18. The third-order valence-electron chi connectivity index (χ3n) is 3.91. The van der Waals surface area contributed by atoms with E-state index < -0.39 is 0 Å². The zero-order valence-corrected chi connectivity index (χ0v) is 15.7. The van der Waals surface area contributed by atoms with Gasteiger partial charge >= 0.3 is 0 Å². The van der Waals surface area contributed by atoms with E-state index in [4.69, 9.17) is 23.2 Å². The van der Waals surface area contributed by atoms with Crippen LogP contribution in [0.15, 0.2) is 72.8 Å². The van der Waals surface area contributed by atoms with E-state index in [1.165, 1.54) is 0 Å². The van der Waals surface area contributed by atoms with Gasteiger partial charge in [0.1, 0.15) is 0 Å². The molecular formula is C21H16Cl2N2O2. The number of nitrogens with one attached hydrogen (secondary N) is 2. The molecule has 0 aliphatic rings. The van der Waals surface area contributed by atoms with Gasteiger partial charge in [0.05, 0.1) is 15.7 Å². The summed E-state index contributed by atoms with van der Waals surface area (Å²) in [5, 5.41) is 6.24. The summed E-state index contributed by atoms with van der Waals surface area (Å²) in [5.74, 6) is -0.568. The molecule has 0 unspecified atom stereocenters. The summed E-state index contributed by atoms with van der Waals surface area (Å²) in [6.45, 7) is 0.437. The number of halogens is 2. The van der Waals surface area contributed by atoms with Gasteiger partial charge in [0.2, 0.25) is 0 Å². The third kappa shape index (κ3) is 4.88. The lowest BCUT2D eigenvalue weighted by Gasteiger charge is -2.10. The highest BCUT2D eigenvalue weighted by Gasteiger charge is 2.12. The number of anilines is 1. The van der Waals surface area contributed by atoms with Crippen molar-refractivity contribution < 1.29 is 9.59 Å². The summed E-state index contributed by atoms with van der Waals surface area (Å²) in [5.41, 5.74) is 2.23. The molecule has 0 saturated carbocycles. The zero-order chi connectivity index (χ0) is 19.2. The van der Waals surface area contributed by atoms with Crippen molar-refractivity contribution in [3.05, 3.63) is 99.5 Å². The van der Waals surface area contributed by atoms with E-state index in [1.807, 2.05) is 30.3 Å². The standard InChI is InChI=1S/C21H16Cl2N2O2/c22-17-7-4-8-18(23)19(17)25-21(27)16-11-9-15(10-12-16)20(26)24-13-14-5-2-1-3-6-14/h1-12H,13H2,(H,24,26)(H,25,27). The van der Waals surface area contributed by atoms with Gasteiger partial charge in [-0.15, -0.1) is 0 Å². The molecule has 0 aliphatic carbocycles. The highest BCUT2D eigenvalue weighted by atomic mass is 35.5. The molecule has 0 radical (unpaired) electrons. The Kier molecular flexibility index (Phi) is 6.12. The fourth-order valence-corrected chi connectivity index (χ4v) is 2.95. The van der Waals surface area contributed by atoms with Crippen molar-refractivity contribution in [3.63, 3.8) is 0 Å². The van der Waals surface area contributed by atoms with Gasteiger partial charge < -0.3 is 10.6 Å². The zero-order valence-electron chi connectivity index (χ0n) is 14.2. The summed E-state index contributed by atoms with van der Waals surface area (Å²) in [6.07, 6.45) is 0. The second-order valence-electron chi connectivity index (χ2n) is 5.80. The fourth-order valence-electron chi connectivity index (χ4n) is 2.46. The van der Waals surface area contributed by atoms with Crippen molar-refractivity contribution >= 4 is 40.7 Å². The summed E-state index contributed by atoms with van der Waals surface area (Å²) in [7, 11) is 0. The number of carbonyl (C=O) groups excluding carboxylic acids is 2. The minimum absolute atomic E-state index is 0.208. The first-order valence-electron chi connectivity index (χ1n) is 8.22. The van der Waals surface area contributed by atoms with Gasteiger partial charge in [-0.3, -0.25) is 9.59 Å². The van der Waals surface area contributed by atoms with E-state index in [9.17, 15) is 9.59 Å². The van der Waals surface area contributed by atoms with Crippen LogP contribution in [0.2, 0.25) is 10.0 Å². The van der Waals surface area contributed by atoms with Crippen LogP contribution < -0.4 is 10.6 Å². The Hall–Kier alpha value is -2.82. The number of hydrogen-bond acceptors (Lipinski definition) is 2. The average molecular weight is 399 g/mol. The van der Waals surface area contributed by atoms with Gasteiger partial charge in [0.15, 0.2) is 0 Å². The van der Waals surface area contributed by atoms with Gasteiger partial charge in [-0.25, -0.2) is 0 Å². The predicted molar refractivity (Wildman–Crippen MR) is 108 cm³/mol. The fraction of sp³-hybridized carbons (Fsp3) is 0.0476. The van der Waals surface area contributed by atoms with Crippen LogP contribution in [0.4, 0.5) is 5.69 Å². The molecule has 0 saturated heterocycles. The van der Waals surface area contributed by atoms with E-state index in [0.29, 0.717) is 33.4 Å². The van der Waals surface area contributed by atoms with Crippen LogP contribution in [-0.2, 0) is 6.54 Å². The molecular weight excluding hydrogens is 383 g/mol. The SMILES string of the molecule is O=C(NCc1ccccc1)c1ccc(C(=O)Nc2c(Cl)cccc2Cl)cc1. The van der Waals surface area contributed by atoms with E-state index in [2.05, 4.69) is 10.6 Å². The summed E-state index contributed by atoms with van der Waals surface area (Å²) in [4.78, 5) is 24.6. The molecule has 3 aromatic rings. The number of benzene rings is 3. The second-order valence-corrected chi connectivity index (χ2v) is 6.61. The van der Waals surface area contributed by atoms with Crippen molar-refractivity contribution in [2.75, 3.05) is 5.32 Å². The minimum atomic E-state index is -0.360.